The number of halogens is 3. The molecule has 7 nitrogen and oxygen atoms in total. The van der Waals surface area contributed by atoms with Gasteiger partial charge in [-0.15, -0.1) is 5.10 Å². The second-order valence-corrected chi connectivity index (χ2v) is 6.20. The van der Waals surface area contributed by atoms with Gasteiger partial charge in [-0.2, -0.15) is 18.3 Å². The summed E-state index contributed by atoms with van der Waals surface area (Å²) in [6.07, 6.45) is -0.391. The predicted molar refractivity (Wildman–Crippen MR) is 93.4 cm³/mol. The van der Waals surface area contributed by atoms with Gasteiger partial charge in [0.15, 0.2) is 5.69 Å². The molecule has 0 amide bonds. The minimum Gasteiger partial charge on any atom is -0.481 e. The lowest BCUT2D eigenvalue weighted by atomic mass is 10.2. The predicted octanol–water partition coefficient (Wildman–Crippen LogP) is 3.44. The van der Waals surface area contributed by atoms with Crippen LogP contribution in [0.2, 0.25) is 0 Å². The Labute approximate surface area is 158 Å². The van der Waals surface area contributed by atoms with Crippen LogP contribution in [-0.2, 0) is 23.8 Å². The second-order valence-electron chi connectivity index (χ2n) is 6.20. The molecular formula is C18H18F3N5O2. The lowest BCUT2D eigenvalue weighted by Gasteiger charge is -2.12. The third-order valence-corrected chi connectivity index (χ3v) is 4.22. The molecule has 0 spiro atoms. The third-order valence-electron chi connectivity index (χ3n) is 4.22. The Bertz CT molecular complexity index is 961. The van der Waals surface area contributed by atoms with Crippen molar-refractivity contribution in [3.8, 4) is 11.4 Å². The molecule has 3 aromatic rings. The molecule has 148 valence electrons. The normalized spacial score (nSPS) is 11.7. The summed E-state index contributed by atoms with van der Waals surface area (Å²) in [5.41, 5.74) is 0.919. The van der Waals surface area contributed by atoms with Gasteiger partial charge in [-0.3, -0.25) is 4.79 Å². The Morgan fingerprint density at radius 3 is 2.46 bits per heavy atom. The molecule has 10 heteroatoms. The lowest BCUT2D eigenvalue weighted by molar-refractivity contribution is -0.143. The number of benzene rings is 1. The van der Waals surface area contributed by atoms with Gasteiger partial charge in [0.2, 0.25) is 0 Å². The molecular weight excluding hydrogens is 375 g/mol. The molecule has 0 saturated heterocycles. The zero-order chi connectivity index (χ0) is 20.3. The van der Waals surface area contributed by atoms with E-state index in [4.69, 9.17) is 5.11 Å². The van der Waals surface area contributed by atoms with Gasteiger partial charge in [-0.1, -0.05) is 12.1 Å². The highest BCUT2D eigenvalue weighted by Gasteiger charge is 2.38. The molecule has 0 aliphatic rings. The largest absolute Gasteiger partial charge is 0.481 e. The molecule has 1 aromatic carbocycles. The van der Waals surface area contributed by atoms with Gasteiger partial charge in [0.25, 0.3) is 0 Å². The van der Waals surface area contributed by atoms with Crippen LogP contribution < -0.4 is 0 Å². The fourth-order valence-corrected chi connectivity index (χ4v) is 2.85. The maximum atomic E-state index is 13.4. The van der Waals surface area contributed by atoms with Crippen LogP contribution in [0, 0.1) is 0 Å². The minimum absolute atomic E-state index is 0.0483. The summed E-state index contributed by atoms with van der Waals surface area (Å²) in [6.45, 7) is 1.65. The quantitative estimate of drug-likeness (QED) is 0.665. The number of carboxylic acid groups (broad SMARTS) is 1. The van der Waals surface area contributed by atoms with E-state index >= 15 is 0 Å². The number of carboxylic acids is 1. The molecule has 2 heterocycles. The van der Waals surface area contributed by atoms with E-state index in [0.717, 1.165) is 4.68 Å². The van der Waals surface area contributed by atoms with E-state index in [1.807, 2.05) is 0 Å². The number of hydrogen-bond acceptors (Lipinski definition) is 4. The number of aliphatic carboxylic acids is 1. The molecule has 0 aliphatic heterocycles. The summed E-state index contributed by atoms with van der Waals surface area (Å²) in [7, 11) is 0. The summed E-state index contributed by atoms with van der Waals surface area (Å²) in [4.78, 5) is 10.6. The van der Waals surface area contributed by atoms with Crippen molar-refractivity contribution in [1.82, 2.24) is 24.8 Å². The van der Waals surface area contributed by atoms with Gasteiger partial charge >= 0.3 is 12.1 Å². The molecule has 0 unspecified atom stereocenters. The average Bonchev–Trinajstić information content (AvgIpc) is 3.28. The van der Waals surface area contributed by atoms with E-state index in [9.17, 15) is 18.0 Å². The van der Waals surface area contributed by atoms with Crippen molar-refractivity contribution >= 4 is 5.97 Å². The number of carbonyl (C=O) groups is 1. The van der Waals surface area contributed by atoms with Crippen molar-refractivity contribution in [2.75, 3.05) is 0 Å². The molecule has 28 heavy (non-hydrogen) atoms. The van der Waals surface area contributed by atoms with E-state index in [2.05, 4.69) is 15.4 Å². The zero-order valence-corrected chi connectivity index (χ0v) is 15.0. The first-order valence-electron chi connectivity index (χ1n) is 8.67. The van der Waals surface area contributed by atoms with Crippen molar-refractivity contribution in [3.05, 3.63) is 53.6 Å². The monoisotopic (exact) mass is 393 g/mol. The van der Waals surface area contributed by atoms with Crippen LogP contribution in [0.1, 0.15) is 36.7 Å². The number of nitrogens with zero attached hydrogens (tertiary/aromatic N) is 5. The Kier molecular flexibility index (Phi) is 5.48. The summed E-state index contributed by atoms with van der Waals surface area (Å²) < 4.78 is 42.6. The van der Waals surface area contributed by atoms with Crippen LogP contribution in [-0.4, -0.2) is 35.9 Å². The van der Waals surface area contributed by atoms with Crippen molar-refractivity contribution < 1.29 is 23.1 Å². The number of aryl methyl sites for hydroxylation is 2. The van der Waals surface area contributed by atoms with Crippen molar-refractivity contribution in [3.63, 3.8) is 0 Å². The zero-order valence-electron chi connectivity index (χ0n) is 15.0. The first kappa shape index (κ1) is 19.6. The maximum absolute atomic E-state index is 13.4. The first-order chi connectivity index (χ1) is 13.3. The van der Waals surface area contributed by atoms with Gasteiger partial charge in [-0.05, 0) is 43.5 Å². The maximum Gasteiger partial charge on any atom is 0.433 e. The van der Waals surface area contributed by atoms with Crippen LogP contribution >= 0.6 is 0 Å². The van der Waals surface area contributed by atoms with Crippen molar-refractivity contribution in [2.24, 2.45) is 0 Å². The Balaban J connectivity index is 1.81. The van der Waals surface area contributed by atoms with Crippen molar-refractivity contribution in [1.29, 1.82) is 0 Å². The van der Waals surface area contributed by atoms with Crippen LogP contribution in [0.25, 0.3) is 11.4 Å². The number of aromatic nitrogens is 5. The van der Waals surface area contributed by atoms with E-state index < -0.39 is 17.8 Å². The molecule has 0 bridgehead atoms. The molecule has 0 aliphatic carbocycles. The van der Waals surface area contributed by atoms with Crippen LogP contribution in [0.5, 0.6) is 0 Å². The van der Waals surface area contributed by atoms with E-state index in [0.29, 0.717) is 24.2 Å². The van der Waals surface area contributed by atoms with Crippen LogP contribution in [0.3, 0.4) is 0 Å². The fourth-order valence-electron chi connectivity index (χ4n) is 2.85. The first-order valence-corrected chi connectivity index (χ1v) is 8.67. The number of rotatable bonds is 7. The fraction of sp³-hybridized carbons (Fsp3) is 0.333. The third kappa shape index (κ3) is 4.21. The molecule has 0 saturated carbocycles. The smallest absolute Gasteiger partial charge is 0.433 e. The van der Waals surface area contributed by atoms with E-state index in [1.165, 1.54) is 23.0 Å². The van der Waals surface area contributed by atoms with E-state index in [1.54, 1.807) is 25.3 Å². The highest BCUT2D eigenvalue weighted by atomic mass is 19.4. The lowest BCUT2D eigenvalue weighted by Crippen LogP contribution is -2.15. The van der Waals surface area contributed by atoms with Gasteiger partial charge in [-0.25, -0.2) is 9.36 Å². The van der Waals surface area contributed by atoms with Gasteiger partial charge in [0.1, 0.15) is 0 Å². The summed E-state index contributed by atoms with van der Waals surface area (Å²) in [5.74, 6) is -0.869. The number of alkyl halides is 3. The van der Waals surface area contributed by atoms with Gasteiger partial charge in [0.05, 0.1) is 29.5 Å². The van der Waals surface area contributed by atoms with Crippen molar-refractivity contribution in [2.45, 2.75) is 38.8 Å². The molecule has 0 atom stereocenters. The highest BCUT2D eigenvalue weighted by Crippen LogP contribution is 2.33. The topological polar surface area (TPSA) is 85.8 Å². The minimum atomic E-state index is -4.50. The number of hydrogen-bond donors (Lipinski definition) is 1. The van der Waals surface area contributed by atoms with Gasteiger partial charge in [0, 0.05) is 12.0 Å². The van der Waals surface area contributed by atoms with Gasteiger partial charge < -0.3 is 5.11 Å². The molecule has 0 radical (unpaired) electrons. The SMILES string of the molecule is CCc1cnn(-c2ccc(-n3cc(CCCC(=O)O)nn3)cc2)c1C(F)(F)F. The molecule has 3 rings (SSSR count). The molecule has 1 N–H and O–H groups in total. The standard InChI is InChI=1S/C18H18F3N5O2/c1-2-12-10-22-26(17(12)18(19,20)21)15-8-6-14(7-9-15)25-11-13(23-24-25)4-3-5-16(27)28/h6-11H,2-5H2,1H3,(H,27,28). The van der Waals surface area contributed by atoms with Crippen LogP contribution in [0.4, 0.5) is 13.2 Å². The highest BCUT2D eigenvalue weighted by molar-refractivity contribution is 5.66. The molecule has 2 aromatic heterocycles. The Morgan fingerprint density at radius 1 is 1.18 bits per heavy atom. The Morgan fingerprint density at radius 2 is 1.86 bits per heavy atom. The summed E-state index contributed by atoms with van der Waals surface area (Å²) in [5, 5.41) is 20.5. The molecule has 0 fully saturated rings. The second kappa shape index (κ2) is 7.83. The van der Waals surface area contributed by atoms with Crippen LogP contribution in [0.15, 0.2) is 36.7 Å². The summed E-state index contributed by atoms with van der Waals surface area (Å²) in [6, 6.07) is 6.31. The van der Waals surface area contributed by atoms with E-state index in [-0.39, 0.29) is 24.1 Å². The summed E-state index contributed by atoms with van der Waals surface area (Å²) >= 11 is 0. The average molecular weight is 393 g/mol. The Hall–Kier alpha value is -3.17.